The number of hydrogen-bond acceptors (Lipinski definition) is 3. The zero-order valence-corrected chi connectivity index (χ0v) is 13.4. The molecule has 0 aliphatic carbocycles. The molecule has 0 spiro atoms. The Morgan fingerprint density at radius 1 is 1.04 bits per heavy atom. The average Bonchev–Trinajstić information content (AvgIpc) is 3.10. The molecule has 0 saturated heterocycles. The second-order valence-electron chi connectivity index (χ2n) is 5.84. The molecule has 25 heavy (non-hydrogen) atoms. The van der Waals surface area contributed by atoms with Crippen LogP contribution in [0.25, 0.3) is 11.1 Å². The zero-order valence-electron chi connectivity index (χ0n) is 13.4. The third kappa shape index (κ3) is 3.01. The normalized spacial score (nSPS) is 13.3. The van der Waals surface area contributed by atoms with Gasteiger partial charge in [0, 0.05) is 11.8 Å². The first-order chi connectivity index (χ1) is 12.2. The van der Waals surface area contributed by atoms with Gasteiger partial charge in [-0.25, -0.2) is 0 Å². The number of fused-ring (bicyclic) bond motifs is 1. The van der Waals surface area contributed by atoms with Crippen LogP contribution in [0.4, 0.5) is 11.4 Å². The Kier molecular flexibility index (Phi) is 3.78. The van der Waals surface area contributed by atoms with Crippen molar-refractivity contribution in [3.05, 3.63) is 67.0 Å². The monoisotopic (exact) mass is 332 g/mol. The van der Waals surface area contributed by atoms with Crippen LogP contribution in [0.3, 0.4) is 0 Å². The van der Waals surface area contributed by atoms with Gasteiger partial charge in [-0.1, -0.05) is 42.5 Å². The fourth-order valence-electron chi connectivity index (χ4n) is 2.91. The Hall–Kier alpha value is -3.41. The highest BCUT2D eigenvalue weighted by molar-refractivity contribution is 6.09. The van der Waals surface area contributed by atoms with Crippen molar-refractivity contribution in [1.29, 1.82) is 0 Å². The van der Waals surface area contributed by atoms with Crippen LogP contribution in [0.1, 0.15) is 0 Å². The van der Waals surface area contributed by atoms with E-state index in [4.69, 9.17) is 0 Å². The van der Waals surface area contributed by atoms with Gasteiger partial charge in [-0.3, -0.25) is 19.2 Å². The number of nitrogens with zero attached hydrogens (tertiary/aromatic N) is 3. The fraction of sp³-hybridized carbons (Fsp3) is 0.105. The molecule has 1 aromatic heterocycles. The highest BCUT2D eigenvalue weighted by atomic mass is 16.2. The number of anilines is 2. The van der Waals surface area contributed by atoms with E-state index >= 15 is 0 Å². The predicted octanol–water partition coefficient (Wildman–Crippen LogP) is 2.54. The van der Waals surface area contributed by atoms with E-state index in [1.54, 1.807) is 16.9 Å². The summed E-state index contributed by atoms with van der Waals surface area (Å²) in [7, 11) is 0. The highest BCUT2D eigenvalue weighted by Gasteiger charge is 2.26. The molecular weight excluding hydrogens is 316 g/mol. The lowest BCUT2D eigenvalue weighted by Crippen LogP contribution is -2.43. The molecule has 1 N–H and O–H groups in total. The maximum atomic E-state index is 12.7. The van der Waals surface area contributed by atoms with Gasteiger partial charge < -0.3 is 5.32 Å². The molecule has 0 unspecified atom stereocenters. The zero-order chi connectivity index (χ0) is 17.2. The maximum absolute atomic E-state index is 12.7. The molecule has 0 fully saturated rings. The molecule has 0 saturated carbocycles. The first kappa shape index (κ1) is 15.1. The van der Waals surface area contributed by atoms with E-state index in [2.05, 4.69) is 10.4 Å². The van der Waals surface area contributed by atoms with Crippen molar-refractivity contribution in [2.45, 2.75) is 6.54 Å². The van der Waals surface area contributed by atoms with Crippen molar-refractivity contribution in [3.63, 3.8) is 0 Å². The number of para-hydroxylation sites is 2. The van der Waals surface area contributed by atoms with E-state index in [1.807, 2.05) is 54.7 Å². The third-order valence-corrected chi connectivity index (χ3v) is 4.11. The lowest BCUT2D eigenvalue weighted by Gasteiger charge is -2.29. The van der Waals surface area contributed by atoms with Gasteiger partial charge in [0.2, 0.25) is 11.8 Å². The highest BCUT2D eigenvalue weighted by Crippen LogP contribution is 2.29. The van der Waals surface area contributed by atoms with Crippen molar-refractivity contribution < 1.29 is 9.59 Å². The number of rotatable bonds is 3. The summed E-state index contributed by atoms with van der Waals surface area (Å²) in [5, 5.41) is 7.05. The minimum Gasteiger partial charge on any atom is -0.323 e. The van der Waals surface area contributed by atoms with Crippen LogP contribution in [0.2, 0.25) is 0 Å². The van der Waals surface area contributed by atoms with Gasteiger partial charge >= 0.3 is 0 Å². The Morgan fingerprint density at radius 2 is 1.80 bits per heavy atom. The standard InChI is InChI=1S/C19H16N4O2/c24-18-12-23(17-9-5-4-8-16(17)21-18)19(25)13-22-11-15(10-20-22)14-6-2-1-3-7-14/h1-11H,12-13H2,(H,21,24). The first-order valence-electron chi connectivity index (χ1n) is 7.98. The van der Waals surface area contributed by atoms with Crippen LogP contribution in [0.15, 0.2) is 67.0 Å². The van der Waals surface area contributed by atoms with Gasteiger partial charge in [0.05, 0.1) is 17.6 Å². The van der Waals surface area contributed by atoms with Crippen LogP contribution in [0, 0.1) is 0 Å². The van der Waals surface area contributed by atoms with Crippen molar-refractivity contribution >= 4 is 23.2 Å². The quantitative estimate of drug-likeness (QED) is 0.801. The average molecular weight is 332 g/mol. The van der Waals surface area contributed by atoms with Crippen LogP contribution in [-0.2, 0) is 16.1 Å². The number of aromatic nitrogens is 2. The van der Waals surface area contributed by atoms with Gasteiger partial charge in [-0.05, 0) is 17.7 Å². The van der Waals surface area contributed by atoms with Crippen LogP contribution in [0.5, 0.6) is 0 Å². The Labute approximate surface area is 144 Å². The largest absolute Gasteiger partial charge is 0.323 e. The van der Waals surface area contributed by atoms with E-state index in [0.717, 1.165) is 11.1 Å². The summed E-state index contributed by atoms with van der Waals surface area (Å²) in [6.45, 7) is 0.0944. The summed E-state index contributed by atoms with van der Waals surface area (Å²) in [6.07, 6.45) is 3.57. The molecule has 0 radical (unpaired) electrons. The minimum atomic E-state index is -0.197. The van der Waals surface area contributed by atoms with Crippen molar-refractivity contribution in [2.75, 3.05) is 16.8 Å². The fourth-order valence-corrected chi connectivity index (χ4v) is 2.91. The van der Waals surface area contributed by atoms with Gasteiger partial charge in [0.1, 0.15) is 13.1 Å². The van der Waals surface area contributed by atoms with Gasteiger partial charge in [0.15, 0.2) is 0 Å². The van der Waals surface area contributed by atoms with Crippen molar-refractivity contribution in [2.24, 2.45) is 0 Å². The Bertz CT molecular complexity index is 933. The molecule has 3 aromatic rings. The smallest absolute Gasteiger partial charge is 0.249 e. The van der Waals surface area contributed by atoms with E-state index in [-0.39, 0.29) is 24.9 Å². The molecule has 0 bridgehead atoms. The van der Waals surface area contributed by atoms with Crippen LogP contribution >= 0.6 is 0 Å². The molecule has 6 nitrogen and oxygen atoms in total. The topological polar surface area (TPSA) is 67.2 Å². The second kappa shape index (κ2) is 6.24. The lowest BCUT2D eigenvalue weighted by atomic mass is 10.1. The summed E-state index contributed by atoms with van der Waals surface area (Å²) in [5.74, 6) is -0.373. The van der Waals surface area contributed by atoms with Crippen molar-refractivity contribution in [3.8, 4) is 11.1 Å². The maximum Gasteiger partial charge on any atom is 0.249 e. The third-order valence-electron chi connectivity index (χ3n) is 4.11. The number of carbonyl (C=O) groups is 2. The molecule has 124 valence electrons. The second-order valence-corrected chi connectivity index (χ2v) is 5.84. The molecule has 1 aliphatic rings. The number of hydrogen-bond donors (Lipinski definition) is 1. The van der Waals surface area contributed by atoms with Gasteiger partial charge in [0.25, 0.3) is 0 Å². The summed E-state index contributed by atoms with van der Waals surface area (Å²) >= 11 is 0. The lowest BCUT2D eigenvalue weighted by molar-refractivity contribution is -0.122. The van der Waals surface area contributed by atoms with E-state index in [0.29, 0.717) is 11.4 Å². The summed E-state index contributed by atoms with van der Waals surface area (Å²) < 4.78 is 1.60. The molecule has 0 atom stereocenters. The first-order valence-corrected chi connectivity index (χ1v) is 7.98. The molecule has 1 aliphatic heterocycles. The molecule has 2 heterocycles. The summed E-state index contributed by atoms with van der Waals surface area (Å²) in [6, 6.07) is 17.1. The molecule has 2 amide bonds. The summed E-state index contributed by atoms with van der Waals surface area (Å²) in [4.78, 5) is 26.1. The Morgan fingerprint density at radius 3 is 2.64 bits per heavy atom. The van der Waals surface area contributed by atoms with E-state index < -0.39 is 0 Å². The summed E-state index contributed by atoms with van der Waals surface area (Å²) in [5.41, 5.74) is 3.36. The van der Waals surface area contributed by atoms with E-state index in [1.165, 1.54) is 4.90 Å². The Balaban J connectivity index is 1.55. The predicted molar refractivity (Wildman–Crippen MR) is 95.1 cm³/mol. The molecule has 6 heteroatoms. The molecule has 2 aromatic carbocycles. The van der Waals surface area contributed by atoms with Crippen LogP contribution < -0.4 is 10.2 Å². The SMILES string of the molecule is O=C1CN(C(=O)Cn2cc(-c3ccccc3)cn2)c2ccccc2N1. The van der Waals surface area contributed by atoms with E-state index in [9.17, 15) is 9.59 Å². The molecule has 4 rings (SSSR count). The van der Waals surface area contributed by atoms with Crippen LogP contribution in [-0.4, -0.2) is 28.1 Å². The van der Waals surface area contributed by atoms with Gasteiger partial charge in [-0.15, -0.1) is 0 Å². The van der Waals surface area contributed by atoms with Gasteiger partial charge in [-0.2, -0.15) is 5.10 Å². The molecular formula is C19H16N4O2. The number of nitrogens with one attached hydrogen (secondary N) is 1. The number of carbonyl (C=O) groups excluding carboxylic acids is 2. The minimum absolute atomic E-state index is 0.0165. The number of benzene rings is 2. The van der Waals surface area contributed by atoms with Crippen molar-refractivity contribution in [1.82, 2.24) is 9.78 Å². The number of amides is 2.